The van der Waals surface area contributed by atoms with Gasteiger partial charge in [0.2, 0.25) is 0 Å². The van der Waals surface area contributed by atoms with Crippen molar-refractivity contribution in [1.82, 2.24) is 4.90 Å². The Kier molecular flexibility index (Phi) is 4.72. The lowest BCUT2D eigenvalue weighted by Gasteiger charge is -2.44. The van der Waals surface area contributed by atoms with Crippen LogP contribution in [0.3, 0.4) is 0 Å². The van der Waals surface area contributed by atoms with Crippen molar-refractivity contribution >= 4 is 9.84 Å². The molecular weight excluding hydrogens is 358 g/mol. The normalized spacial score (nSPS) is 15.6. The highest BCUT2D eigenvalue weighted by Crippen LogP contribution is 2.35. The Hall–Kier alpha value is -2.63. The Labute approximate surface area is 159 Å². The van der Waals surface area contributed by atoms with Crippen molar-refractivity contribution in [3.05, 3.63) is 96.1 Å². The standard InChI is InChI=1S/C22H21NO3S/c24-19-11-13-20(14-12-19)27(25,26)21-15-23(16-21)22(17-7-3-1-4-8-17)18-9-5-2-6-10-18/h1-14,21-22,24H,15-16H2. The van der Waals surface area contributed by atoms with Crippen LogP contribution in [0.4, 0.5) is 0 Å². The molecule has 27 heavy (non-hydrogen) atoms. The Balaban J connectivity index is 1.58. The van der Waals surface area contributed by atoms with Crippen LogP contribution in [0.15, 0.2) is 89.8 Å². The monoisotopic (exact) mass is 379 g/mol. The number of hydrogen-bond acceptors (Lipinski definition) is 4. The molecule has 0 bridgehead atoms. The third-order valence-corrected chi connectivity index (χ3v) is 7.18. The maximum absolute atomic E-state index is 12.9. The van der Waals surface area contributed by atoms with Crippen molar-refractivity contribution < 1.29 is 13.5 Å². The number of rotatable bonds is 5. The van der Waals surface area contributed by atoms with E-state index in [9.17, 15) is 13.5 Å². The van der Waals surface area contributed by atoms with Gasteiger partial charge in [-0.3, -0.25) is 4.90 Å². The van der Waals surface area contributed by atoms with Gasteiger partial charge in [-0.05, 0) is 35.4 Å². The molecule has 0 amide bonds. The van der Waals surface area contributed by atoms with Gasteiger partial charge in [-0.15, -0.1) is 0 Å². The average Bonchev–Trinajstić information content (AvgIpc) is 2.66. The Morgan fingerprint density at radius 2 is 1.26 bits per heavy atom. The minimum absolute atomic E-state index is 0.0404. The summed E-state index contributed by atoms with van der Waals surface area (Å²) in [6, 6.07) is 26.2. The highest BCUT2D eigenvalue weighted by atomic mass is 32.2. The molecule has 0 aromatic heterocycles. The Morgan fingerprint density at radius 1 is 0.778 bits per heavy atom. The van der Waals surface area contributed by atoms with E-state index in [1.165, 1.54) is 24.3 Å². The van der Waals surface area contributed by atoms with Crippen LogP contribution >= 0.6 is 0 Å². The number of phenols is 1. The van der Waals surface area contributed by atoms with E-state index in [0.29, 0.717) is 13.1 Å². The van der Waals surface area contributed by atoms with E-state index in [0.717, 1.165) is 11.1 Å². The Bertz CT molecular complexity index is 957. The van der Waals surface area contributed by atoms with Gasteiger partial charge in [-0.25, -0.2) is 8.42 Å². The van der Waals surface area contributed by atoms with Gasteiger partial charge < -0.3 is 5.11 Å². The summed E-state index contributed by atoms with van der Waals surface area (Å²) in [6.45, 7) is 0.968. The summed E-state index contributed by atoms with van der Waals surface area (Å²) in [7, 11) is -3.40. The molecular formula is C22H21NO3S. The first-order chi connectivity index (χ1) is 13.1. The van der Waals surface area contributed by atoms with E-state index in [2.05, 4.69) is 29.2 Å². The fourth-order valence-corrected chi connectivity index (χ4v) is 5.27. The summed E-state index contributed by atoms with van der Waals surface area (Å²) in [5.41, 5.74) is 2.31. The molecule has 1 fully saturated rings. The van der Waals surface area contributed by atoms with Gasteiger partial charge >= 0.3 is 0 Å². The van der Waals surface area contributed by atoms with Gasteiger partial charge in [0.05, 0.1) is 16.2 Å². The summed E-state index contributed by atoms with van der Waals surface area (Å²) in [6.07, 6.45) is 0. The third kappa shape index (κ3) is 3.48. The summed E-state index contributed by atoms with van der Waals surface area (Å²) >= 11 is 0. The number of nitrogens with zero attached hydrogens (tertiary/aromatic N) is 1. The van der Waals surface area contributed by atoms with Gasteiger partial charge in [0.1, 0.15) is 5.75 Å². The largest absolute Gasteiger partial charge is 0.508 e. The van der Waals surface area contributed by atoms with Crippen LogP contribution in [0.25, 0.3) is 0 Å². The lowest BCUT2D eigenvalue weighted by atomic mass is 9.94. The quantitative estimate of drug-likeness (QED) is 0.735. The van der Waals surface area contributed by atoms with Crippen LogP contribution in [0, 0.1) is 0 Å². The first-order valence-corrected chi connectivity index (χ1v) is 10.5. The zero-order valence-electron chi connectivity index (χ0n) is 14.8. The molecule has 0 saturated carbocycles. The van der Waals surface area contributed by atoms with Crippen molar-refractivity contribution in [2.45, 2.75) is 16.2 Å². The van der Waals surface area contributed by atoms with Crippen molar-refractivity contribution in [2.24, 2.45) is 0 Å². The van der Waals surface area contributed by atoms with E-state index in [-0.39, 0.29) is 16.7 Å². The van der Waals surface area contributed by atoms with Crippen molar-refractivity contribution in [3.63, 3.8) is 0 Å². The molecule has 1 N–H and O–H groups in total. The van der Waals surface area contributed by atoms with Crippen molar-refractivity contribution in [2.75, 3.05) is 13.1 Å². The molecule has 0 radical (unpaired) electrons. The number of likely N-dealkylation sites (tertiary alicyclic amines) is 1. The highest BCUT2D eigenvalue weighted by molar-refractivity contribution is 7.92. The second kappa shape index (κ2) is 7.18. The molecule has 0 spiro atoms. The molecule has 4 nitrogen and oxygen atoms in total. The molecule has 138 valence electrons. The lowest BCUT2D eigenvalue weighted by Crippen LogP contribution is -2.55. The molecule has 4 rings (SSSR count). The van der Waals surface area contributed by atoms with Gasteiger partial charge in [-0.1, -0.05) is 60.7 Å². The van der Waals surface area contributed by atoms with Crippen LogP contribution in [0.5, 0.6) is 5.75 Å². The molecule has 1 saturated heterocycles. The van der Waals surface area contributed by atoms with Gasteiger partial charge in [0, 0.05) is 13.1 Å². The molecule has 1 heterocycles. The fraction of sp³-hybridized carbons (Fsp3) is 0.182. The van der Waals surface area contributed by atoms with Crippen molar-refractivity contribution in [1.29, 1.82) is 0 Å². The van der Waals surface area contributed by atoms with Crippen molar-refractivity contribution in [3.8, 4) is 5.75 Å². The van der Waals surface area contributed by atoms with Crippen LogP contribution in [-0.4, -0.2) is 36.8 Å². The summed E-state index contributed by atoms with van der Waals surface area (Å²) in [5.74, 6) is 0.0670. The minimum Gasteiger partial charge on any atom is -0.508 e. The van der Waals surface area contributed by atoms with E-state index >= 15 is 0 Å². The number of benzene rings is 3. The van der Waals surface area contributed by atoms with E-state index in [4.69, 9.17) is 0 Å². The lowest BCUT2D eigenvalue weighted by molar-refractivity contribution is 0.144. The number of aromatic hydroxyl groups is 1. The maximum Gasteiger partial charge on any atom is 0.183 e. The number of hydrogen-bond donors (Lipinski definition) is 1. The molecule has 1 aliphatic rings. The molecule has 3 aromatic carbocycles. The van der Waals surface area contributed by atoms with Crippen LogP contribution < -0.4 is 0 Å². The smallest absolute Gasteiger partial charge is 0.183 e. The predicted molar refractivity (Wildman–Crippen MR) is 105 cm³/mol. The fourth-order valence-electron chi connectivity index (χ4n) is 3.59. The van der Waals surface area contributed by atoms with Gasteiger partial charge in [-0.2, -0.15) is 0 Å². The summed E-state index contributed by atoms with van der Waals surface area (Å²) in [4.78, 5) is 2.47. The summed E-state index contributed by atoms with van der Waals surface area (Å²) in [5, 5.41) is 8.96. The van der Waals surface area contributed by atoms with Crippen LogP contribution in [0.2, 0.25) is 0 Å². The molecule has 0 aliphatic carbocycles. The third-order valence-electron chi connectivity index (χ3n) is 5.08. The first-order valence-electron chi connectivity index (χ1n) is 8.92. The average molecular weight is 379 g/mol. The van der Waals surface area contributed by atoms with Crippen LogP contribution in [0.1, 0.15) is 17.2 Å². The maximum atomic E-state index is 12.9. The zero-order chi connectivity index (χ0) is 18.9. The van der Waals surface area contributed by atoms with E-state index < -0.39 is 15.1 Å². The molecule has 5 heteroatoms. The van der Waals surface area contributed by atoms with Gasteiger partial charge in [0.25, 0.3) is 0 Å². The molecule has 0 unspecified atom stereocenters. The highest BCUT2D eigenvalue weighted by Gasteiger charge is 2.41. The zero-order valence-corrected chi connectivity index (χ0v) is 15.6. The second-order valence-corrected chi connectivity index (χ2v) is 9.07. The van der Waals surface area contributed by atoms with E-state index in [1.54, 1.807) is 0 Å². The second-order valence-electron chi connectivity index (χ2n) is 6.84. The molecule has 3 aromatic rings. The first kappa shape index (κ1) is 17.8. The van der Waals surface area contributed by atoms with E-state index in [1.807, 2.05) is 36.4 Å². The molecule has 0 atom stereocenters. The predicted octanol–water partition coefficient (Wildman–Crippen LogP) is 3.64. The minimum atomic E-state index is -3.40. The number of phenolic OH excluding ortho intramolecular Hbond substituents is 1. The SMILES string of the molecule is O=S(=O)(c1ccc(O)cc1)C1CN(C(c2ccccc2)c2ccccc2)C1. The summed E-state index contributed by atoms with van der Waals surface area (Å²) < 4.78 is 25.7. The van der Waals surface area contributed by atoms with Gasteiger partial charge in [0.15, 0.2) is 9.84 Å². The number of sulfone groups is 1. The topological polar surface area (TPSA) is 57.6 Å². The molecule has 1 aliphatic heterocycles. The van der Waals surface area contributed by atoms with Crippen LogP contribution in [-0.2, 0) is 9.84 Å². The Morgan fingerprint density at radius 3 is 1.74 bits per heavy atom.